The number of halogens is 1. The molecule has 0 spiro atoms. The van der Waals surface area contributed by atoms with Crippen LogP contribution in [-0.2, 0) is 19.4 Å². The van der Waals surface area contributed by atoms with Gasteiger partial charge in [-0.15, -0.1) is 0 Å². The molecule has 5 rings (SSSR count). The molecule has 4 fully saturated rings. The number of amides is 2. The first kappa shape index (κ1) is 21.5. The average molecular weight is 466 g/mol. The van der Waals surface area contributed by atoms with E-state index >= 15 is 0 Å². The van der Waals surface area contributed by atoms with Crippen molar-refractivity contribution in [2.75, 3.05) is 47.5 Å². The van der Waals surface area contributed by atoms with Crippen LogP contribution in [-0.4, -0.2) is 64.2 Å². The first-order chi connectivity index (χ1) is 15.3. The van der Waals surface area contributed by atoms with Crippen molar-refractivity contribution in [2.24, 2.45) is 17.8 Å². The van der Waals surface area contributed by atoms with Crippen LogP contribution in [0.15, 0.2) is 18.2 Å². The molecule has 1 aromatic rings. The summed E-state index contributed by atoms with van der Waals surface area (Å²) in [7, 11) is -2.82. The molecule has 1 atom stereocenters. The van der Waals surface area contributed by atoms with Crippen molar-refractivity contribution in [3.05, 3.63) is 24.0 Å². The Labute approximate surface area is 187 Å². The zero-order valence-corrected chi connectivity index (χ0v) is 18.7. The van der Waals surface area contributed by atoms with E-state index in [1.54, 1.807) is 12.1 Å². The number of rotatable bonds is 6. The largest absolute Gasteiger partial charge is 0.442 e. The quantitative estimate of drug-likeness (QED) is 0.690. The van der Waals surface area contributed by atoms with Gasteiger partial charge in [0.1, 0.15) is 11.9 Å². The Morgan fingerprint density at radius 3 is 2.47 bits per heavy atom. The SMILES string of the molecule is O=C(NC[C@H]1CN(c2ccc(N3CCC(C4CS(=O)(=O)C4)CC3)c(F)c2)C(=O)O1)C1CC1. The maximum atomic E-state index is 14.9. The van der Waals surface area contributed by atoms with Gasteiger partial charge in [0, 0.05) is 19.0 Å². The molecule has 32 heavy (non-hydrogen) atoms. The number of benzene rings is 1. The molecule has 174 valence electrons. The van der Waals surface area contributed by atoms with Gasteiger partial charge in [-0.2, -0.15) is 0 Å². The van der Waals surface area contributed by atoms with Gasteiger partial charge >= 0.3 is 6.09 Å². The average Bonchev–Trinajstić information content (AvgIpc) is 3.53. The van der Waals surface area contributed by atoms with Crippen LogP contribution >= 0.6 is 0 Å². The fraction of sp³-hybridized carbons (Fsp3) is 0.636. The highest BCUT2D eigenvalue weighted by atomic mass is 32.2. The highest BCUT2D eigenvalue weighted by molar-refractivity contribution is 7.92. The minimum atomic E-state index is -2.82. The van der Waals surface area contributed by atoms with E-state index in [-0.39, 0.29) is 42.3 Å². The van der Waals surface area contributed by atoms with Crippen LogP contribution in [0.2, 0.25) is 0 Å². The number of anilines is 2. The summed E-state index contributed by atoms with van der Waals surface area (Å²) >= 11 is 0. The summed E-state index contributed by atoms with van der Waals surface area (Å²) in [6, 6.07) is 4.76. The summed E-state index contributed by atoms with van der Waals surface area (Å²) in [6.45, 7) is 1.89. The van der Waals surface area contributed by atoms with Gasteiger partial charge in [0.05, 0.1) is 36.0 Å². The Kier molecular flexibility index (Phi) is 5.51. The molecule has 3 heterocycles. The first-order valence-electron chi connectivity index (χ1n) is 11.3. The highest BCUT2D eigenvalue weighted by Crippen LogP contribution is 2.36. The summed E-state index contributed by atoms with van der Waals surface area (Å²) in [5.41, 5.74) is 0.927. The molecule has 1 N–H and O–H groups in total. The normalized spacial score (nSPS) is 26.0. The van der Waals surface area contributed by atoms with Gasteiger partial charge in [-0.1, -0.05) is 0 Å². The number of carbonyl (C=O) groups excluding carboxylic acids is 2. The summed E-state index contributed by atoms with van der Waals surface area (Å²) < 4.78 is 43.1. The van der Waals surface area contributed by atoms with E-state index < -0.39 is 27.9 Å². The van der Waals surface area contributed by atoms with E-state index in [0.717, 1.165) is 25.7 Å². The van der Waals surface area contributed by atoms with Crippen LogP contribution in [0.25, 0.3) is 0 Å². The molecule has 0 radical (unpaired) electrons. The predicted octanol–water partition coefficient (Wildman–Crippen LogP) is 1.94. The van der Waals surface area contributed by atoms with Gasteiger partial charge in [-0.3, -0.25) is 9.69 Å². The van der Waals surface area contributed by atoms with E-state index in [2.05, 4.69) is 5.32 Å². The third kappa shape index (κ3) is 4.42. The molecule has 0 aromatic heterocycles. The van der Waals surface area contributed by atoms with Crippen LogP contribution in [0.4, 0.5) is 20.6 Å². The van der Waals surface area contributed by atoms with Crippen LogP contribution in [0.1, 0.15) is 25.7 Å². The van der Waals surface area contributed by atoms with E-state index in [0.29, 0.717) is 30.4 Å². The smallest absolute Gasteiger partial charge is 0.414 e. The highest BCUT2D eigenvalue weighted by Gasteiger charge is 2.40. The molecule has 2 amide bonds. The van der Waals surface area contributed by atoms with E-state index in [1.165, 1.54) is 11.0 Å². The summed E-state index contributed by atoms with van der Waals surface area (Å²) in [4.78, 5) is 27.4. The van der Waals surface area contributed by atoms with Gasteiger partial charge in [-0.05, 0) is 55.7 Å². The molecule has 1 aliphatic carbocycles. The third-order valence-electron chi connectivity index (χ3n) is 7.05. The van der Waals surface area contributed by atoms with Crippen LogP contribution in [0.3, 0.4) is 0 Å². The Bertz CT molecular complexity index is 1010. The predicted molar refractivity (Wildman–Crippen MR) is 117 cm³/mol. The number of piperidine rings is 1. The van der Waals surface area contributed by atoms with Gasteiger partial charge in [0.2, 0.25) is 5.91 Å². The molecular weight excluding hydrogens is 437 g/mol. The van der Waals surface area contributed by atoms with Crippen LogP contribution < -0.4 is 15.1 Å². The number of ether oxygens (including phenoxy) is 1. The zero-order chi connectivity index (χ0) is 22.5. The number of hydrogen-bond acceptors (Lipinski definition) is 6. The maximum Gasteiger partial charge on any atom is 0.414 e. The standard InChI is InChI=1S/C22H28FN3O5S/c23-19-9-17(26-11-18(31-22(26)28)10-24-21(27)15-1-2-15)3-4-20(19)25-7-5-14(6-8-25)16-12-32(29,30)13-16/h3-4,9,14-16,18H,1-2,5-8,10-13H2,(H,24,27)/t18-/m0/s1. The fourth-order valence-electron chi connectivity index (χ4n) is 4.95. The second-order valence-electron chi connectivity index (χ2n) is 9.43. The van der Waals surface area contributed by atoms with Gasteiger partial charge in [-0.25, -0.2) is 17.6 Å². The Morgan fingerprint density at radius 2 is 1.84 bits per heavy atom. The molecule has 1 saturated carbocycles. The minimum absolute atomic E-state index is 0.00222. The molecule has 3 saturated heterocycles. The molecule has 0 bridgehead atoms. The van der Waals surface area contributed by atoms with E-state index in [9.17, 15) is 22.4 Å². The number of nitrogens with zero attached hydrogens (tertiary/aromatic N) is 2. The number of sulfone groups is 1. The first-order valence-corrected chi connectivity index (χ1v) is 13.1. The minimum Gasteiger partial charge on any atom is -0.442 e. The molecule has 3 aliphatic heterocycles. The lowest BCUT2D eigenvalue weighted by Gasteiger charge is -2.40. The molecule has 0 unspecified atom stereocenters. The van der Waals surface area contributed by atoms with E-state index in [1.807, 2.05) is 4.90 Å². The zero-order valence-electron chi connectivity index (χ0n) is 17.8. The van der Waals surface area contributed by atoms with Crippen LogP contribution in [0, 0.1) is 23.6 Å². The van der Waals surface area contributed by atoms with Gasteiger partial charge in [0.15, 0.2) is 9.84 Å². The van der Waals surface area contributed by atoms with Crippen molar-refractivity contribution in [1.29, 1.82) is 0 Å². The van der Waals surface area contributed by atoms with Crippen LogP contribution in [0.5, 0.6) is 0 Å². The lowest BCUT2D eigenvalue weighted by Crippen LogP contribution is -2.45. The number of hydrogen-bond donors (Lipinski definition) is 1. The van der Waals surface area contributed by atoms with Gasteiger partial charge < -0.3 is 15.0 Å². The fourth-order valence-corrected chi connectivity index (χ4v) is 6.70. The van der Waals surface area contributed by atoms with E-state index in [4.69, 9.17) is 4.74 Å². The third-order valence-corrected chi connectivity index (χ3v) is 8.92. The maximum absolute atomic E-state index is 14.9. The summed E-state index contributed by atoms with van der Waals surface area (Å²) in [6.07, 6.45) is 2.53. The second kappa shape index (κ2) is 8.20. The van der Waals surface area contributed by atoms with Crippen molar-refractivity contribution in [1.82, 2.24) is 5.32 Å². The molecule has 4 aliphatic rings. The van der Waals surface area contributed by atoms with Crippen molar-refractivity contribution in [2.45, 2.75) is 31.8 Å². The van der Waals surface area contributed by atoms with Crippen molar-refractivity contribution >= 4 is 33.2 Å². The summed E-state index contributed by atoms with van der Waals surface area (Å²) in [5, 5.41) is 2.81. The number of nitrogens with one attached hydrogen (secondary N) is 1. The molecular formula is C22H28FN3O5S. The number of cyclic esters (lactones) is 1. The van der Waals surface area contributed by atoms with Gasteiger partial charge in [0.25, 0.3) is 0 Å². The summed E-state index contributed by atoms with van der Waals surface area (Å²) in [5.74, 6) is 0.904. The Balaban J connectivity index is 1.16. The second-order valence-corrected chi connectivity index (χ2v) is 11.6. The monoisotopic (exact) mass is 465 g/mol. The lowest BCUT2D eigenvalue weighted by atomic mass is 9.86. The molecule has 10 heteroatoms. The topological polar surface area (TPSA) is 96.0 Å². The lowest BCUT2D eigenvalue weighted by molar-refractivity contribution is -0.122. The molecule has 1 aromatic carbocycles. The molecule has 8 nitrogen and oxygen atoms in total. The number of carbonyl (C=O) groups is 2. The van der Waals surface area contributed by atoms with Crippen molar-refractivity contribution < 1.29 is 27.1 Å². The Morgan fingerprint density at radius 1 is 1.12 bits per heavy atom. The Hall–Kier alpha value is -2.36. The van der Waals surface area contributed by atoms with Crippen molar-refractivity contribution in [3.63, 3.8) is 0 Å². The van der Waals surface area contributed by atoms with Crippen molar-refractivity contribution in [3.8, 4) is 0 Å².